The van der Waals surface area contributed by atoms with Crippen LogP contribution in [0.5, 0.6) is 0 Å². The Morgan fingerprint density at radius 3 is 3.20 bits per heavy atom. The monoisotopic (exact) mass is 160 g/mol. The van der Waals surface area contributed by atoms with E-state index in [0.29, 0.717) is 0 Å². The summed E-state index contributed by atoms with van der Waals surface area (Å²) in [5.74, 6) is 0. The van der Waals surface area contributed by atoms with E-state index in [4.69, 9.17) is 0 Å². The van der Waals surface area contributed by atoms with E-state index < -0.39 is 10.0 Å². The molecule has 0 unspecified atom stereocenters. The number of nitrogens with one attached hydrogen (secondary N) is 1. The summed E-state index contributed by atoms with van der Waals surface area (Å²) in [4.78, 5) is 0. The van der Waals surface area contributed by atoms with Gasteiger partial charge in [0.25, 0.3) is 15.2 Å². The fourth-order valence-corrected chi connectivity index (χ4v) is 1.79. The molecule has 0 saturated carbocycles. The number of rotatable bonds is 0. The van der Waals surface area contributed by atoms with Crippen LogP contribution in [0.4, 0.5) is 0 Å². The van der Waals surface area contributed by atoms with E-state index in [2.05, 4.69) is 14.9 Å². The SMILES string of the molecule is O=S1(=O)NCn2cnnc21. The van der Waals surface area contributed by atoms with Gasteiger partial charge in [0.05, 0.1) is 6.67 Å². The van der Waals surface area contributed by atoms with E-state index in [1.54, 1.807) is 0 Å². The predicted molar refractivity (Wildman–Crippen MR) is 30.3 cm³/mol. The smallest absolute Gasteiger partial charge is 0.277 e. The van der Waals surface area contributed by atoms with Crippen molar-refractivity contribution in [2.45, 2.75) is 11.8 Å². The van der Waals surface area contributed by atoms with E-state index in [9.17, 15) is 8.42 Å². The molecule has 0 bridgehead atoms. The van der Waals surface area contributed by atoms with Crippen molar-refractivity contribution in [3.05, 3.63) is 6.33 Å². The van der Waals surface area contributed by atoms with Crippen LogP contribution in [0.2, 0.25) is 0 Å². The Morgan fingerprint density at radius 2 is 2.50 bits per heavy atom. The van der Waals surface area contributed by atoms with Gasteiger partial charge in [0.1, 0.15) is 6.33 Å². The molecule has 1 N–H and O–H groups in total. The molecule has 0 aliphatic carbocycles. The van der Waals surface area contributed by atoms with Crippen molar-refractivity contribution >= 4 is 10.0 Å². The average molecular weight is 160 g/mol. The van der Waals surface area contributed by atoms with Crippen molar-refractivity contribution < 1.29 is 8.42 Å². The molecule has 0 atom stereocenters. The lowest BCUT2D eigenvalue weighted by Gasteiger charge is -1.85. The molecule has 54 valence electrons. The van der Waals surface area contributed by atoms with Crippen LogP contribution in [-0.4, -0.2) is 23.2 Å². The van der Waals surface area contributed by atoms with Crippen LogP contribution < -0.4 is 4.72 Å². The molecule has 1 aromatic rings. The molecule has 0 radical (unpaired) electrons. The lowest BCUT2D eigenvalue weighted by atomic mass is 11.0. The number of nitrogens with zero attached hydrogens (tertiary/aromatic N) is 3. The highest BCUT2D eigenvalue weighted by atomic mass is 32.2. The fourth-order valence-electron chi connectivity index (χ4n) is 0.780. The average Bonchev–Trinajstić information content (AvgIpc) is 2.36. The second kappa shape index (κ2) is 1.55. The first-order valence-corrected chi connectivity index (χ1v) is 4.06. The summed E-state index contributed by atoms with van der Waals surface area (Å²) < 4.78 is 25.5. The van der Waals surface area contributed by atoms with Crippen LogP contribution >= 0.6 is 0 Å². The molecule has 10 heavy (non-hydrogen) atoms. The predicted octanol–water partition coefficient (Wildman–Crippen LogP) is -1.47. The van der Waals surface area contributed by atoms with Gasteiger partial charge < -0.3 is 0 Å². The minimum absolute atomic E-state index is 0.00694. The lowest BCUT2D eigenvalue weighted by molar-refractivity contribution is 0.585. The van der Waals surface area contributed by atoms with Crippen LogP contribution in [0.3, 0.4) is 0 Å². The quantitative estimate of drug-likeness (QED) is 0.502. The second-order valence-electron chi connectivity index (χ2n) is 1.89. The highest BCUT2D eigenvalue weighted by Crippen LogP contribution is 2.09. The highest BCUT2D eigenvalue weighted by molar-refractivity contribution is 7.89. The van der Waals surface area contributed by atoms with Gasteiger partial charge in [0.15, 0.2) is 0 Å². The maximum Gasteiger partial charge on any atom is 0.277 e. The Bertz CT molecular complexity index is 352. The van der Waals surface area contributed by atoms with E-state index in [1.165, 1.54) is 10.9 Å². The first kappa shape index (κ1) is 5.81. The molecule has 0 aromatic carbocycles. The van der Waals surface area contributed by atoms with Gasteiger partial charge in [-0.2, -0.15) is 4.72 Å². The third-order valence-electron chi connectivity index (χ3n) is 1.25. The summed E-state index contributed by atoms with van der Waals surface area (Å²) in [6.07, 6.45) is 1.37. The van der Waals surface area contributed by atoms with Crippen molar-refractivity contribution in [1.82, 2.24) is 19.5 Å². The first-order valence-electron chi connectivity index (χ1n) is 2.57. The molecule has 2 heterocycles. The summed E-state index contributed by atoms with van der Waals surface area (Å²) in [7, 11) is -3.32. The normalized spacial score (nSPS) is 20.8. The van der Waals surface area contributed by atoms with Gasteiger partial charge in [0, 0.05) is 0 Å². The van der Waals surface area contributed by atoms with Gasteiger partial charge in [-0.05, 0) is 0 Å². The summed E-state index contributed by atoms with van der Waals surface area (Å²) >= 11 is 0. The van der Waals surface area contributed by atoms with Crippen LogP contribution in [-0.2, 0) is 16.7 Å². The fraction of sp³-hybridized carbons (Fsp3) is 0.333. The Labute approximate surface area is 56.9 Å². The molecule has 2 rings (SSSR count). The Kier molecular flexibility index (Phi) is 0.902. The van der Waals surface area contributed by atoms with E-state index in [-0.39, 0.29) is 11.8 Å². The molecule has 1 aliphatic rings. The van der Waals surface area contributed by atoms with Gasteiger partial charge in [-0.3, -0.25) is 4.57 Å². The van der Waals surface area contributed by atoms with Crippen molar-refractivity contribution in [1.29, 1.82) is 0 Å². The second-order valence-corrected chi connectivity index (χ2v) is 3.55. The molecule has 0 fully saturated rings. The Balaban J connectivity index is 2.76. The summed E-state index contributed by atoms with van der Waals surface area (Å²) in [6.45, 7) is 0.241. The zero-order chi connectivity index (χ0) is 7.19. The van der Waals surface area contributed by atoms with Crippen molar-refractivity contribution in [3.63, 3.8) is 0 Å². The van der Waals surface area contributed by atoms with Crippen molar-refractivity contribution in [3.8, 4) is 0 Å². The number of fused-ring (bicyclic) bond motifs is 1. The first-order chi connectivity index (χ1) is 4.70. The number of hydrogen-bond donors (Lipinski definition) is 1. The largest absolute Gasteiger partial charge is 0.289 e. The minimum atomic E-state index is -3.32. The summed E-state index contributed by atoms with van der Waals surface area (Å²) in [5, 5.41) is 6.84. The van der Waals surface area contributed by atoms with E-state index >= 15 is 0 Å². The van der Waals surface area contributed by atoms with E-state index in [1.807, 2.05) is 0 Å². The van der Waals surface area contributed by atoms with Crippen molar-refractivity contribution in [2.75, 3.05) is 0 Å². The van der Waals surface area contributed by atoms with Crippen LogP contribution in [0.15, 0.2) is 11.5 Å². The standard InChI is InChI=1S/C3H4N4O2S/c8-10(9)3-6-4-1-7(3)2-5-10/h1,5H,2H2. The molecular weight excluding hydrogens is 156 g/mol. The molecular formula is C3H4N4O2S. The maximum absolute atomic E-state index is 10.9. The van der Waals surface area contributed by atoms with Gasteiger partial charge in [-0.1, -0.05) is 0 Å². The third-order valence-corrected chi connectivity index (χ3v) is 2.55. The van der Waals surface area contributed by atoms with Crippen LogP contribution in [0, 0.1) is 0 Å². The third kappa shape index (κ3) is 0.582. The van der Waals surface area contributed by atoms with Gasteiger partial charge >= 0.3 is 0 Å². The molecule has 0 amide bonds. The van der Waals surface area contributed by atoms with Crippen LogP contribution in [0.1, 0.15) is 0 Å². The molecule has 1 aliphatic heterocycles. The number of aromatic nitrogens is 3. The van der Waals surface area contributed by atoms with Gasteiger partial charge in [-0.25, -0.2) is 8.42 Å². The Morgan fingerprint density at radius 1 is 1.70 bits per heavy atom. The highest BCUT2D eigenvalue weighted by Gasteiger charge is 2.27. The van der Waals surface area contributed by atoms with Crippen molar-refractivity contribution in [2.24, 2.45) is 0 Å². The topological polar surface area (TPSA) is 76.9 Å². The lowest BCUT2D eigenvalue weighted by Crippen LogP contribution is -2.15. The number of hydrogen-bond acceptors (Lipinski definition) is 4. The molecule has 1 aromatic heterocycles. The van der Waals surface area contributed by atoms with Gasteiger partial charge in [-0.15, -0.1) is 10.2 Å². The zero-order valence-electron chi connectivity index (χ0n) is 4.85. The van der Waals surface area contributed by atoms with Gasteiger partial charge in [0.2, 0.25) is 0 Å². The molecule has 7 heteroatoms. The molecule has 6 nitrogen and oxygen atoms in total. The summed E-state index contributed by atoms with van der Waals surface area (Å²) in [5.41, 5.74) is 0. The van der Waals surface area contributed by atoms with E-state index in [0.717, 1.165) is 0 Å². The molecule has 0 saturated heterocycles. The Hall–Kier alpha value is -0.950. The maximum atomic E-state index is 10.9. The number of sulfonamides is 1. The zero-order valence-corrected chi connectivity index (χ0v) is 5.67. The molecule has 0 spiro atoms. The summed E-state index contributed by atoms with van der Waals surface area (Å²) in [6, 6.07) is 0. The minimum Gasteiger partial charge on any atom is -0.289 e. The van der Waals surface area contributed by atoms with Crippen LogP contribution in [0.25, 0.3) is 0 Å².